The van der Waals surface area contributed by atoms with E-state index < -0.39 is 0 Å². The minimum Gasteiger partial charge on any atom is -0.346 e. The number of aromatic nitrogens is 3. The average Bonchev–Trinajstić information content (AvgIpc) is 2.75. The molecule has 2 unspecified atom stereocenters. The number of nitrogens with zero attached hydrogens (tertiary/aromatic N) is 2. The molecule has 14 heavy (non-hydrogen) atoms. The van der Waals surface area contributed by atoms with Crippen LogP contribution in [0.5, 0.6) is 0 Å². The van der Waals surface area contributed by atoms with Crippen LogP contribution in [0.4, 0.5) is 0 Å². The van der Waals surface area contributed by atoms with Crippen molar-refractivity contribution in [2.24, 2.45) is 0 Å². The zero-order valence-electron chi connectivity index (χ0n) is 7.86. The Bertz CT molecular complexity index is 313. The summed E-state index contributed by atoms with van der Waals surface area (Å²) in [7, 11) is 0. The van der Waals surface area contributed by atoms with Gasteiger partial charge in [-0.25, -0.2) is 4.98 Å². The molecule has 1 aromatic rings. The summed E-state index contributed by atoms with van der Waals surface area (Å²) >= 11 is 1.88. The maximum atomic E-state index is 11.5. The van der Waals surface area contributed by atoms with Crippen LogP contribution in [0.25, 0.3) is 0 Å². The number of amides is 1. The van der Waals surface area contributed by atoms with E-state index in [1.807, 2.05) is 11.8 Å². The molecule has 6 heteroatoms. The minimum atomic E-state index is -0.165. The van der Waals surface area contributed by atoms with Crippen molar-refractivity contribution in [3.63, 3.8) is 0 Å². The van der Waals surface area contributed by atoms with Crippen LogP contribution < -0.4 is 5.32 Å². The molecule has 1 saturated heterocycles. The van der Waals surface area contributed by atoms with E-state index in [9.17, 15) is 4.79 Å². The fourth-order valence-electron chi connectivity index (χ4n) is 1.49. The summed E-state index contributed by atoms with van der Waals surface area (Å²) in [6, 6.07) is 0.271. The molecule has 0 aliphatic carbocycles. The Balaban J connectivity index is 1.89. The lowest BCUT2D eigenvalue weighted by Crippen LogP contribution is -2.35. The zero-order valence-corrected chi connectivity index (χ0v) is 8.67. The molecule has 2 N–H and O–H groups in total. The van der Waals surface area contributed by atoms with Crippen LogP contribution in [0.15, 0.2) is 6.33 Å². The van der Waals surface area contributed by atoms with Crippen molar-refractivity contribution in [1.29, 1.82) is 0 Å². The van der Waals surface area contributed by atoms with Gasteiger partial charge in [0.2, 0.25) is 5.82 Å². The van der Waals surface area contributed by atoms with E-state index in [-0.39, 0.29) is 17.8 Å². The molecule has 1 amide bonds. The molecule has 0 aromatic carbocycles. The molecule has 1 aromatic heterocycles. The Morgan fingerprint density at radius 2 is 2.64 bits per heavy atom. The standard InChI is InChI=1S/C8H12N4OS/c1-5-2-6(3-14-5)11-8(13)7-9-4-10-12-7/h4-6H,2-3H2,1H3,(H,11,13)(H,9,10,12). The van der Waals surface area contributed by atoms with Gasteiger partial charge in [0, 0.05) is 17.0 Å². The molecule has 2 atom stereocenters. The van der Waals surface area contributed by atoms with Crippen molar-refractivity contribution < 1.29 is 4.79 Å². The third kappa shape index (κ3) is 2.06. The highest BCUT2D eigenvalue weighted by molar-refractivity contribution is 8.00. The van der Waals surface area contributed by atoms with Crippen molar-refractivity contribution in [2.45, 2.75) is 24.6 Å². The Kier molecular flexibility index (Phi) is 2.72. The van der Waals surface area contributed by atoms with Gasteiger partial charge in [0.25, 0.3) is 5.91 Å². The summed E-state index contributed by atoms with van der Waals surface area (Å²) < 4.78 is 0. The van der Waals surface area contributed by atoms with Crippen molar-refractivity contribution in [1.82, 2.24) is 20.5 Å². The second-order valence-corrected chi connectivity index (χ2v) is 4.86. The van der Waals surface area contributed by atoms with Gasteiger partial charge in [-0.15, -0.1) is 0 Å². The van der Waals surface area contributed by atoms with Crippen molar-refractivity contribution in [2.75, 3.05) is 5.75 Å². The smallest absolute Gasteiger partial charge is 0.288 e. The largest absolute Gasteiger partial charge is 0.346 e. The number of carbonyl (C=O) groups excluding carboxylic acids is 1. The third-order valence-corrected chi connectivity index (χ3v) is 3.52. The van der Waals surface area contributed by atoms with E-state index >= 15 is 0 Å². The third-order valence-electron chi connectivity index (χ3n) is 2.16. The summed E-state index contributed by atoms with van der Waals surface area (Å²) in [5.41, 5.74) is 0. The Morgan fingerprint density at radius 3 is 3.21 bits per heavy atom. The van der Waals surface area contributed by atoms with Gasteiger partial charge in [-0.3, -0.25) is 9.89 Å². The lowest BCUT2D eigenvalue weighted by Gasteiger charge is -2.09. The quantitative estimate of drug-likeness (QED) is 0.745. The highest BCUT2D eigenvalue weighted by Gasteiger charge is 2.24. The lowest BCUT2D eigenvalue weighted by atomic mass is 10.2. The SMILES string of the molecule is CC1CC(NC(=O)c2ncn[nH]2)CS1. The number of aromatic amines is 1. The van der Waals surface area contributed by atoms with Gasteiger partial charge in [0.15, 0.2) is 0 Å². The van der Waals surface area contributed by atoms with Crippen molar-refractivity contribution in [3.05, 3.63) is 12.2 Å². The molecule has 2 heterocycles. The molecule has 0 bridgehead atoms. The number of hydrogen-bond donors (Lipinski definition) is 2. The number of hydrogen-bond acceptors (Lipinski definition) is 4. The van der Waals surface area contributed by atoms with Crippen LogP contribution >= 0.6 is 11.8 Å². The van der Waals surface area contributed by atoms with E-state index in [0.717, 1.165) is 12.2 Å². The monoisotopic (exact) mass is 212 g/mol. The maximum absolute atomic E-state index is 11.5. The normalized spacial score (nSPS) is 26.4. The predicted octanol–water partition coefficient (Wildman–Crippen LogP) is 0.428. The minimum absolute atomic E-state index is 0.165. The molecule has 1 fully saturated rings. The fourth-order valence-corrected chi connectivity index (χ4v) is 2.64. The van der Waals surface area contributed by atoms with Gasteiger partial charge in [-0.05, 0) is 6.42 Å². The Labute approximate surface area is 86.1 Å². The molecule has 2 rings (SSSR count). The topological polar surface area (TPSA) is 70.7 Å². The fraction of sp³-hybridized carbons (Fsp3) is 0.625. The first-order valence-electron chi connectivity index (χ1n) is 4.53. The van der Waals surface area contributed by atoms with E-state index in [0.29, 0.717) is 5.25 Å². The number of thioether (sulfide) groups is 1. The van der Waals surface area contributed by atoms with Crippen molar-refractivity contribution in [3.8, 4) is 0 Å². The van der Waals surface area contributed by atoms with Crippen LogP contribution in [0, 0.1) is 0 Å². The predicted molar refractivity (Wildman–Crippen MR) is 54.2 cm³/mol. The second kappa shape index (κ2) is 4.00. The van der Waals surface area contributed by atoms with Crippen LogP contribution in [-0.4, -0.2) is 38.1 Å². The summed E-state index contributed by atoms with van der Waals surface area (Å²) in [6.07, 6.45) is 2.37. The number of nitrogens with one attached hydrogen (secondary N) is 2. The number of carbonyl (C=O) groups is 1. The van der Waals surface area contributed by atoms with Crippen molar-refractivity contribution >= 4 is 17.7 Å². The first-order chi connectivity index (χ1) is 6.75. The highest BCUT2D eigenvalue weighted by Crippen LogP contribution is 2.25. The average molecular weight is 212 g/mol. The van der Waals surface area contributed by atoms with E-state index in [1.165, 1.54) is 6.33 Å². The molecule has 0 spiro atoms. The summed E-state index contributed by atoms with van der Waals surface area (Å²) in [4.78, 5) is 15.3. The highest BCUT2D eigenvalue weighted by atomic mass is 32.2. The maximum Gasteiger partial charge on any atom is 0.288 e. The first kappa shape index (κ1) is 9.51. The van der Waals surface area contributed by atoms with Crippen LogP contribution in [0.2, 0.25) is 0 Å². The summed E-state index contributed by atoms with van der Waals surface area (Å²) in [5, 5.41) is 9.73. The van der Waals surface area contributed by atoms with E-state index in [2.05, 4.69) is 27.4 Å². The molecule has 76 valence electrons. The lowest BCUT2D eigenvalue weighted by molar-refractivity contribution is 0.0930. The molecule has 0 radical (unpaired) electrons. The molecular formula is C8H12N4OS. The molecule has 0 saturated carbocycles. The Hall–Kier alpha value is -1.04. The molecule has 1 aliphatic rings. The van der Waals surface area contributed by atoms with Gasteiger partial charge in [0.1, 0.15) is 6.33 Å². The van der Waals surface area contributed by atoms with Gasteiger partial charge in [-0.2, -0.15) is 16.9 Å². The van der Waals surface area contributed by atoms with Gasteiger partial charge in [-0.1, -0.05) is 6.92 Å². The number of rotatable bonds is 2. The van der Waals surface area contributed by atoms with Gasteiger partial charge >= 0.3 is 0 Å². The summed E-state index contributed by atoms with van der Waals surface area (Å²) in [5.74, 6) is 1.11. The molecular weight excluding hydrogens is 200 g/mol. The Morgan fingerprint density at radius 1 is 1.79 bits per heavy atom. The van der Waals surface area contributed by atoms with E-state index in [1.54, 1.807) is 0 Å². The molecule has 1 aliphatic heterocycles. The number of H-pyrrole nitrogens is 1. The second-order valence-electron chi connectivity index (χ2n) is 3.38. The zero-order chi connectivity index (χ0) is 9.97. The van der Waals surface area contributed by atoms with E-state index in [4.69, 9.17) is 0 Å². The summed E-state index contributed by atoms with van der Waals surface area (Å²) in [6.45, 7) is 2.17. The first-order valence-corrected chi connectivity index (χ1v) is 5.58. The molecule has 5 nitrogen and oxygen atoms in total. The van der Waals surface area contributed by atoms with Gasteiger partial charge in [0.05, 0.1) is 0 Å². The van der Waals surface area contributed by atoms with Crippen LogP contribution in [0.3, 0.4) is 0 Å². The van der Waals surface area contributed by atoms with Gasteiger partial charge < -0.3 is 5.32 Å². The van der Waals surface area contributed by atoms with Crippen LogP contribution in [-0.2, 0) is 0 Å². The van der Waals surface area contributed by atoms with Crippen LogP contribution in [0.1, 0.15) is 24.0 Å².